The second-order valence-corrected chi connectivity index (χ2v) is 3.76. The monoisotopic (exact) mass is 244 g/mol. The van der Waals surface area contributed by atoms with Crippen LogP contribution in [0.5, 0.6) is 0 Å². The van der Waals surface area contributed by atoms with Crippen LogP contribution >= 0.6 is 11.8 Å². The fraction of sp³-hybridized carbons (Fsp3) is 0.250. The highest BCUT2D eigenvalue weighted by Crippen LogP contribution is 2.23. The number of thioether (sulfide) groups is 1. The molecule has 0 amide bonds. The Morgan fingerprint density at radius 3 is 2.81 bits per heavy atom. The van der Waals surface area contributed by atoms with Crippen molar-refractivity contribution in [1.29, 1.82) is 0 Å². The number of nitro groups is 1. The van der Waals surface area contributed by atoms with E-state index < -0.39 is 10.9 Å². The average molecular weight is 244 g/mol. The van der Waals surface area contributed by atoms with Crippen molar-refractivity contribution in [1.82, 2.24) is 4.98 Å². The smallest absolute Gasteiger partial charge is 0.338 e. The summed E-state index contributed by atoms with van der Waals surface area (Å²) in [6.07, 6.45) is 0.992. The van der Waals surface area contributed by atoms with Gasteiger partial charge in [0.1, 0.15) is 11.2 Å². The minimum absolute atomic E-state index is 0.123. The van der Waals surface area contributed by atoms with Crippen LogP contribution in [0.1, 0.15) is 10.4 Å². The zero-order chi connectivity index (χ0) is 12.1. The van der Waals surface area contributed by atoms with Gasteiger partial charge in [0.15, 0.2) is 0 Å². The molecule has 2 N–H and O–H groups in total. The molecule has 0 aliphatic heterocycles. The van der Waals surface area contributed by atoms with Crippen molar-refractivity contribution in [3.8, 4) is 0 Å². The number of rotatable bonds is 5. The van der Waals surface area contributed by atoms with Crippen LogP contribution in [0, 0.1) is 10.1 Å². The molecule has 0 spiro atoms. The fourth-order valence-electron chi connectivity index (χ4n) is 0.952. The van der Waals surface area contributed by atoms with Gasteiger partial charge in [0.2, 0.25) is 0 Å². The van der Waals surface area contributed by atoms with E-state index in [4.69, 9.17) is 10.2 Å². The third-order valence-corrected chi connectivity index (χ3v) is 2.59. The summed E-state index contributed by atoms with van der Waals surface area (Å²) in [6.45, 7) is -0.123. The van der Waals surface area contributed by atoms with Gasteiger partial charge in [-0.15, -0.1) is 11.8 Å². The van der Waals surface area contributed by atoms with Gasteiger partial charge in [-0.05, 0) is 0 Å². The van der Waals surface area contributed by atoms with E-state index in [1.54, 1.807) is 0 Å². The van der Waals surface area contributed by atoms with Crippen molar-refractivity contribution < 1.29 is 19.9 Å². The van der Waals surface area contributed by atoms with E-state index in [1.165, 1.54) is 0 Å². The van der Waals surface area contributed by atoms with Gasteiger partial charge in [0.05, 0.1) is 17.1 Å². The minimum atomic E-state index is -1.28. The van der Waals surface area contributed by atoms with Crippen LogP contribution in [0.15, 0.2) is 17.3 Å². The van der Waals surface area contributed by atoms with Gasteiger partial charge in [-0.3, -0.25) is 10.1 Å². The molecule has 86 valence electrons. The Hall–Kier alpha value is -1.67. The third kappa shape index (κ3) is 2.91. The molecule has 0 fully saturated rings. The van der Waals surface area contributed by atoms with Crippen LogP contribution in [0.2, 0.25) is 0 Å². The first-order valence-electron chi connectivity index (χ1n) is 4.17. The number of nitrogens with zero attached hydrogens (tertiary/aromatic N) is 2. The highest BCUT2D eigenvalue weighted by atomic mass is 32.2. The summed E-state index contributed by atoms with van der Waals surface area (Å²) in [5.41, 5.74) is -0.599. The lowest BCUT2D eigenvalue weighted by Gasteiger charge is -2.02. The topological polar surface area (TPSA) is 114 Å². The van der Waals surface area contributed by atoms with Crippen LogP contribution in [0.25, 0.3) is 0 Å². The summed E-state index contributed by atoms with van der Waals surface area (Å²) in [5.74, 6) is -0.998. The van der Waals surface area contributed by atoms with Crippen molar-refractivity contribution >= 4 is 23.4 Å². The van der Waals surface area contributed by atoms with E-state index in [0.29, 0.717) is 0 Å². The number of aliphatic hydroxyl groups is 1. The van der Waals surface area contributed by atoms with Crippen LogP contribution in [0.4, 0.5) is 5.69 Å². The van der Waals surface area contributed by atoms with Crippen molar-refractivity contribution in [2.24, 2.45) is 0 Å². The molecule has 7 nitrogen and oxygen atoms in total. The Morgan fingerprint density at radius 2 is 2.31 bits per heavy atom. The Labute approximate surface area is 94.3 Å². The van der Waals surface area contributed by atoms with Gasteiger partial charge >= 0.3 is 5.97 Å². The number of aromatic nitrogens is 1. The van der Waals surface area contributed by atoms with Crippen molar-refractivity contribution in [2.45, 2.75) is 5.03 Å². The Kier molecular flexibility index (Phi) is 4.20. The maximum Gasteiger partial charge on any atom is 0.338 e. The number of carboxylic acids is 1. The molecule has 0 radical (unpaired) electrons. The fourth-order valence-corrected chi connectivity index (χ4v) is 1.67. The number of hydrogen-bond donors (Lipinski definition) is 2. The lowest BCUT2D eigenvalue weighted by Crippen LogP contribution is -2.03. The number of aromatic carboxylic acids is 1. The highest BCUT2D eigenvalue weighted by molar-refractivity contribution is 7.99. The van der Waals surface area contributed by atoms with Crippen molar-refractivity contribution in [3.63, 3.8) is 0 Å². The lowest BCUT2D eigenvalue weighted by molar-refractivity contribution is -0.385. The van der Waals surface area contributed by atoms with E-state index in [9.17, 15) is 14.9 Å². The largest absolute Gasteiger partial charge is 0.478 e. The molecule has 0 saturated carbocycles. The molecule has 0 aromatic carbocycles. The van der Waals surface area contributed by atoms with E-state index in [0.717, 1.165) is 24.0 Å². The molecule has 0 aliphatic carbocycles. The molecule has 1 aromatic heterocycles. The molecular formula is C8H8N2O5S. The standard InChI is InChI=1S/C8H8N2O5S/c11-1-2-16-7-6(8(12)13)3-5(4-9-7)10(14)15/h3-4,11H,1-2H2,(H,12,13). The zero-order valence-electron chi connectivity index (χ0n) is 7.99. The lowest BCUT2D eigenvalue weighted by atomic mass is 10.3. The Morgan fingerprint density at radius 1 is 1.62 bits per heavy atom. The quantitative estimate of drug-likeness (QED) is 0.446. The normalized spacial score (nSPS) is 10.1. The second kappa shape index (κ2) is 5.42. The third-order valence-electron chi connectivity index (χ3n) is 1.61. The molecule has 16 heavy (non-hydrogen) atoms. The average Bonchev–Trinajstić information content (AvgIpc) is 2.25. The number of carbonyl (C=O) groups is 1. The van der Waals surface area contributed by atoms with E-state index >= 15 is 0 Å². The predicted octanol–water partition coefficient (Wildman–Crippen LogP) is 0.772. The van der Waals surface area contributed by atoms with Crippen molar-refractivity contribution in [3.05, 3.63) is 27.9 Å². The predicted molar refractivity (Wildman–Crippen MR) is 55.7 cm³/mol. The van der Waals surface area contributed by atoms with Gasteiger partial charge in [-0.1, -0.05) is 0 Å². The first kappa shape index (κ1) is 12.4. The maximum absolute atomic E-state index is 10.8. The molecule has 0 saturated heterocycles. The van der Waals surface area contributed by atoms with Gasteiger partial charge in [0.25, 0.3) is 5.69 Å². The molecule has 1 rings (SSSR count). The first-order valence-corrected chi connectivity index (χ1v) is 5.16. The minimum Gasteiger partial charge on any atom is -0.478 e. The van der Waals surface area contributed by atoms with Crippen LogP contribution in [-0.4, -0.2) is 38.4 Å². The first-order chi connectivity index (χ1) is 7.56. The molecule has 8 heteroatoms. The zero-order valence-corrected chi connectivity index (χ0v) is 8.81. The summed E-state index contributed by atoms with van der Waals surface area (Å²) in [7, 11) is 0. The van der Waals surface area contributed by atoms with Crippen LogP contribution < -0.4 is 0 Å². The van der Waals surface area contributed by atoms with Gasteiger partial charge in [0, 0.05) is 11.8 Å². The molecule has 0 aliphatic rings. The summed E-state index contributed by atoms with van der Waals surface area (Å²) in [4.78, 5) is 24.2. The summed E-state index contributed by atoms with van der Waals surface area (Å²) in [5, 5.41) is 28.0. The van der Waals surface area contributed by atoms with Crippen molar-refractivity contribution in [2.75, 3.05) is 12.4 Å². The molecule has 0 bridgehead atoms. The molecule has 0 atom stereocenters. The van der Waals surface area contributed by atoms with Gasteiger partial charge < -0.3 is 10.2 Å². The Bertz CT molecular complexity index is 423. The Balaban J connectivity index is 3.09. The number of pyridine rings is 1. The summed E-state index contributed by atoms with van der Waals surface area (Å²) in [6, 6.07) is 0.953. The molecule has 0 unspecified atom stereocenters. The summed E-state index contributed by atoms with van der Waals surface area (Å²) >= 11 is 1.03. The maximum atomic E-state index is 10.8. The van der Waals surface area contributed by atoms with Gasteiger partial charge in [-0.2, -0.15) is 0 Å². The SMILES string of the molecule is O=C(O)c1cc([N+](=O)[O-])cnc1SCCO. The number of hydrogen-bond acceptors (Lipinski definition) is 6. The van der Waals surface area contributed by atoms with E-state index in [1.807, 2.05) is 0 Å². The highest BCUT2D eigenvalue weighted by Gasteiger charge is 2.17. The number of carboxylic acid groups (broad SMARTS) is 1. The summed E-state index contributed by atoms with van der Waals surface area (Å²) < 4.78 is 0. The molecule has 1 heterocycles. The van der Waals surface area contributed by atoms with Gasteiger partial charge in [-0.25, -0.2) is 9.78 Å². The molecule has 1 aromatic rings. The van der Waals surface area contributed by atoms with E-state index in [-0.39, 0.29) is 28.6 Å². The second-order valence-electron chi connectivity index (χ2n) is 2.68. The van der Waals surface area contributed by atoms with Crippen LogP contribution in [0.3, 0.4) is 0 Å². The number of aliphatic hydroxyl groups excluding tert-OH is 1. The van der Waals surface area contributed by atoms with E-state index in [2.05, 4.69) is 4.98 Å². The van der Waals surface area contributed by atoms with Crippen LogP contribution in [-0.2, 0) is 0 Å². The molecular weight excluding hydrogens is 236 g/mol.